The zero-order valence-electron chi connectivity index (χ0n) is 18.9. The summed E-state index contributed by atoms with van der Waals surface area (Å²) in [4.78, 5) is 37.0. The molecule has 1 N–H and O–H groups in total. The largest absolute Gasteiger partial charge is 0.351 e. The van der Waals surface area contributed by atoms with Crippen molar-refractivity contribution in [1.29, 1.82) is 0 Å². The smallest absolute Gasteiger partial charge is 0.275 e. The summed E-state index contributed by atoms with van der Waals surface area (Å²) in [7, 11) is 0. The van der Waals surface area contributed by atoms with Gasteiger partial charge in [-0.15, -0.1) is 0 Å². The summed E-state index contributed by atoms with van der Waals surface area (Å²) >= 11 is 1.34. The highest BCUT2D eigenvalue weighted by atomic mass is 32.2. The number of nitrogens with zero attached hydrogens (tertiary/aromatic N) is 3. The minimum absolute atomic E-state index is 0.0904. The van der Waals surface area contributed by atoms with Crippen LogP contribution in [0.3, 0.4) is 0 Å². The monoisotopic (exact) mass is 468 g/mol. The van der Waals surface area contributed by atoms with Gasteiger partial charge in [-0.05, 0) is 37.1 Å². The van der Waals surface area contributed by atoms with Crippen molar-refractivity contribution in [3.63, 3.8) is 0 Å². The summed E-state index contributed by atoms with van der Waals surface area (Å²) in [5.74, 6) is 0.259. The van der Waals surface area contributed by atoms with Crippen LogP contribution in [0.2, 0.25) is 0 Å². The van der Waals surface area contributed by atoms with E-state index in [-0.39, 0.29) is 11.8 Å². The van der Waals surface area contributed by atoms with Crippen LogP contribution in [-0.4, -0.2) is 33.0 Å². The number of nitrogens with one attached hydrogen (secondary N) is 1. The van der Waals surface area contributed by atoms with E-state index >= 15 is 0 Å². The van der Waals surface area contributed by atoms with E-state index in [0.29, 0.717) is 17.5 Å². The average Bonchev–Trinajstić information content (AvgIpc) is 3.21. The molecule has 0 spiro atoms. The molecule has 3 aromatic rings. The number of aryl methyl sites for hydroxylation is 1. The molecule has 34 heavy (non-hydrogen) atoms. The maximum absolute atomic E-state index is 13.0. The fourth-order valence-corrected chi connectivity index (χ4v) is 4.98. The van der Waals surface area contributed by atoms with E-state index in [2.05, 4.69) is 10.3 Å². The lowest BCUT2D eigenvalue weighted by molar-refractivity contribution is -0.120. The highest BCUT2D eigenvalue weighted by molar-refractivity contribution is 8.14. The molecule has 7 heteroatoms. The van der Waals surface area contributed by atoms with E-state index < -0.39 is 11.3 Å². The van der Waals surface area contributed by atoms with Gasteiger partial charge >= 0.3 is 0 Å². The van der Waals surface area contributed by atoms with Gasteiger partial charge in [0.25, 0.3) is 5.91 Å². The van der Waals surface area contributed by atoms with Crippen molar-refractivity contribution in [2.75, 3.05) is 0 Å². The van der Waals surface area contributed by atoms with Crippen molar-refractivity contribution in [2.24, 2.45) is 9.98 Å². The second-order valence-corrected chi connectivity index (χ2v) is 9.64. The molecule has 2 aliphatic heterocycles. The Balaban J connectivity index is 1.40. The predicted octanol–water partition coefficient (Wildman–Crippen LogP) is 4.76. The number of amidine groups is 2. The van der Waals surface area contributed by atoms with Crippen molar-refractivity contribution in [3.05, 3.63) is 101 Å². The molecule has 0 aliphatic carbocycles. The molecule has 2 atom stereocenters. The highest BCUT2D eigenvalue weighted by Gasteiger charge is 2.43. The van der Waals surface area contributed by atoms with Crippen LogP contribution >= 0.6 is 11.8 Å². The first kappa shape index (κ1) is 22.1. The van der Waals surface area contributed by atoms with Crippen LogP contribution in [0.1, 0.15) is 35.2 Å². The van der Waals surface area contributed by atoms with Gasteiger partial charge in [-0.2, -0.15) is 4.99 Å². The molecule has 2 amide bonds. The summed E-state index contributed by atoms with van der Waals surface area (Å²) in [5.41, 5.74) is 4.63. The van der Waals surface area contributed by atoms with Crippen LogP contribution in [0.5, 0.6) is 0 Å². The molecule has 2 unspecified atom stereocenters. The predicted molar refractivity (Wildman–Crippen MR) is 136 cm³/mol. The van der Waals surface area contributed by atoms with Gasteiger partial charge in [0.1, 0.15) is 11.9 Å². The zero-order chi connectivity index (χ0) is 23.7. The van der Waals surface area contributed by atoms with E-state index in [1.807, 2.05) is 97.6 Å². The van der Waals surface area contributed by atoms with Crippen molar-refractivity contribution >= 4 is 40.3 Å². The second kappa shape index (κ2) is 9.27. The lowest BCUT2D eigenvalue weighted by atomic mass is 10.0. The van der Waals surface area contributed by atoms with E-state index in [4.69, 9.17) is 4.99 Å². The maximum atomic E-state index is 13.0. The molecule has 170 valence electrons. The molecular formula is C27H24N4O2S. The lowest BCUT2D eigenvalue weighted by Gasteiger charge is -2.32. The number of thioether (sulfide) groups is 1. The Morgan fingerprint density at radius 2 is 1.71 bits per heavy atom. The topological polar surface area (TPSA) is 74.1 Å². The van der Waals surface area contributed by atoms with Gasteiger partial charge in [0.15, 0.2) is 5.17 Å². The highest BCUT2D eigenvalue weighted by Crippen LogP contribution is 2.40. The Bertz CT molecular complexity index is 1300. The minimum Gasteiger partial charge on any atom is -0.351 e. The number of para-hydroxylation sites is 1. The molecule has 3 aromatic carbocycles. The van der Waals surface area contributed by atoms with Crippen molar-refractivity contribution in [1.82, 2.24) is 10.2 Å². The number of benzene rings is 3. The Labute approximate surface area is 202 Å². The summed E-state index contributed by atoms with van der Waals surface area (Å²) in [6.07, 6.45) is 0. The number of carbonyl (C=O) groups is 2. The van der Waals surface area contributed by atoms with Crippen LogP contribution < -0.4 is 5.32 Å². The molecule has 5 rings (SSSR count). The summed E-state index contributed by atoms with van der Waals surface area (Å²) in [5, 5.41) is 3.19. The third kappa shape index (κ3) is 4.26. The first-order valence-corrected chi connectivity index (χ1v) is 12.0. The first-order chi connectivity index (χ1) is 16.5. The summed E-state index contributed by atoms with van der Waals surface area (Å²) < 4.78 is 0. The fraction of sp³-hybridized carbons (Fsp3) is 0.185. The molecule has 0 saturated carbocycles. The molecule has 2 heterocycles. The lowest BCUT2D eigenvalue weighted by Crippen LogP contribution is -2.40. The van der Waals surface area contributed by atoms with Gasteiger partial charge in [0.2, 0.25) is 5.91 Å². The van der Waals surface area contributed by atoms with Crippen molar-refractivity contribution in [2.45, 2.75) is 31.7 Å². The molecule has 0 bridgehead atoms. The molecule has 2 aliphatic rings. The molecule has 0 radical (unpaired) electrons. The number of fused-ring (bicyclic) bond motifs is 3. The van der Waals surface area contributed by atoms with Crippen LogP contribution in [0, 0.1) is 6.92 Å². The van der Waals surface area contributed by atoms with E-state index in [9.17, 15) is 9.59 Å². The summed E-state index contributed by atoms with van der Waals surface area (Å²) in [6, 6.07) is 24.7. The van der Waals surface area contributed by atoms with E-state index in [0.717, 1.165) is 22.4 Å². The van der Waals surface area contributed by atoms with Crippen molar-refractivity contribution in [3.8, 4) is 0 Å². The van der Waals surface area contributed by atoms with Crippen LogP contribution in [0.4, 0.5) is 5.69 Å². The van der Waals surface area contributed by atoms with Gasteiger partial charge in [-0.1, -0.05) is 84.1 Å². The number of carbonyl (C=O) groups excluding carboxylic acids is 2. The van der Waals surface area contributed by atoms with Gasteiger partial charge in [0, 0.05) is 12.1 Å². The number of hydrogen-bond acceptors (Lipinski definition) is 5. The third-order valence-electron chi connectivity index (χ3n) is 5.86. The van der Waals surface area contributed by atoms with Gasteiger partial charge in [-0.3, -0.25) is 14.5 Å². The first-order valence-electron chi connectivity index (χ1n) is 11.2. The van der Waals surface area contributed by atoms with Crippen LogP contribution in [0.15, 0.2) is 88.8 Å². The summed E-state index contributed by atoms with van der Waals surface area (Å²) in [6.45, 7) is 4.35. The number of hydrogen-bond donors (Lipinski definition) is 1. The second-order valence-electron chi connectivity index (χ2n) is 8.33. The molecule has 0 saturated heterocycles. The molecule has 0 aromatic heterocycles. The van der Waals surface area contributed by atoms with Crippen molar-refractivity contribution < 1.29 is 9.59 Å². The SMILES string of the molecule is Cc1ccc(CNC(=O)C(C)SC2=Nc3ccccc3C3=NC(=O)C(c4ccccc4)N23)cc1. The Kier molecular flexibility index (Phi) is 6.02. The number of rotatable bonds is 5. The Morgan fingerprint density at radius 3 is 2.47 bits per heavy atom. The van der Waals surface area contributed by atoms with Gasteiger partial charge in [-0.25, -0.2) is 4.99 Å². The molecule has 6 nitrogen and oxygen atoms in total. The van der Waals surface area contributed by atoms with Crippen LogP contribution in [0.25, 0.3) is 0 Å². The maximum Gasteiger partial charge on any atom is 0.275 e. The third-order valence-corrected chi connectivity index (χ3v) is 6.92. The van der Waals surface area contributed by atoms with E-state index in [1.54, 1.807) is 0 Å². The minimum atomic E-state index is -0.598. The Hall–Kier alpha value is -3.71. The Morgan fingerprint density at radius 1 is 1.00 bits per heavy atom. The van der Waals surface area contributed by atoms with Gasteiger partial charge < -0.3 is 5.32 Å². The molecule has 0 fully saturated rings. The standard InChI is InChI=1S/C27H24N4O2S/c1-17-12-14-19(15-13-17)16-28-25(32)18(2)34-27-29-22-11-7-6-10-21(22)24-30-26(33)23(31(24)27)20-8-4-3-5-9-20/h3-15,18,23H,16H2,1-2H3,(H,28,32). The number of aliphatic imine (C=N–C) groups is 2. The molecular weight excluding hydrogens is 444 g/mol. The quantitative estimate of drug-likeness (QED) is 0.586. The number of amides is 2. The van der Waals surface area contributed by atoms with Gasteiger partial charge in [0.05, 0.1) is 10.9 Å². The zero-order valence-corrected chi connectivity index (χ0v) is 19.8. The average molecular weight is 469 g/mol. The van der Waals surface area contributed by atoms with E-state index in [1.165, 1.54) is 17.3 Å². The fourth-order valence-electron chi connectivity index (χ4n) is 4.02. The van der Waals surface area contributed by atoms with Crippen LogP contribution in [-0.2, 0) is 16.1 Å². The normalized spacial score (nSPS) is 17.4.